The second-order valence-electron chi connectivity index (χ2n) is 6.66. The van der Waals surface area contributed by atoms with Gasteiger partial charge in [0.1, 0.15) is 11.4 Å². The van der Waals surface area contributed by atoms with E-state index in [4.69, 9.17) is 9.26 Å². The molecule has 2 fully saturated rings. The summed E-state index contributed by atoms with van der Waals surface area (Å²) in [5, 5.41) is 11.8. The number of methoxy groups -OCH3 is 1. The van der Waals surface area contributed by atoms with Crippen LogP contribution in [-0.4, -0.2) is 37.4 Å². The summed E-state index contributed by atoms with van der Waals surface area (Å²) in [6.45, 7) is 0. The fraction of sp³-hybridized carbons (Fsp3) is 0.625. The van der Waals surface area contributed by atoms with Crippen LogP contribution in [0.3, 0.4) is 0 Å². The molecular weight excluding hydrogens is 328 g/mol. The molecule has 128 valence electrons. The van der Waals surface area contributed by atoms with Crippen molar-refractivity contribution in [2.75, 3.05) is 12.9 Å². The minimum atomic E-state index is -0.965. The molecule has 2 aromatic heterocycles. The quantitative estimate of drug-likeness (QED) is 0.790. The van der Waals surface area contributed by atoms with Gasteiger partial charge in [0.2, 0.25) is 17.6 Å². The molecule has 0 radical (unpaired) electrons. The fourth-order valence-electron chi connectivity index (χ4n) is 3.52. The Labute approximate surface area is 142 Å². The van der Waals surface area contributed by atoms with E-state index < -0.39 is 10.8 Å². The molecule has 4 unspecified atom stereocenters. The highest BCUT2D eigenvalue weighted by Crippen LogP contribution is 2.51. The lowest BCUT2D eigenvalue weighted by atomic mass is 9.91. The molecule has 0 aromatic carbocycles. The monoisotopic (exact) mass is 348 g/mol. The third-order valence-corrected chi connectivity index (χ3v) is 6.32. The lowest BCUT2D eigenvalue weighted by molar-refractivity contribution is 0.370. The van der Waals surface area contributed by atoms with Crippen LogP contribution in [0.1, 0.15) is 31.6 Å². The Kier molecular flexibility index (Phi) is 4.30. The van der Waals surface area contributed by atoms with Crippen molar-refractivity contribution in [2.24, 2.45) is 17.8 Å². The van der Waals surface area contributed by atoms with Crippen molar-refractivity contribution >= 4 is 10.8 Å². The highest BCUT2D eigenvalue weighted by molar-refractivity contribution is 7.84. The summed E-state index contributed by atoms with van der Waals surface area (Å²) in [5.41, 5.74) is 0.503. The zero-order chi connectivity index (χ0) is 16.5. The number of ether oxygens (including phenoxy) is 1. The van der Waals surface area contributed by atoms with Gasteiger partial charge in [-0.15, -0.1) is 10.2 Å². The van der Waals surface area contributed by atoms with Crippen LogP contribution in [0.15, 0.2) is 16.7 Å². The van der Waals surface area contributed by atoms with E-state index in [2.05, 4.69) is 20.3 Å². The summed E-state index contributed by atoms with van der Waals surface area (Å²) in [5.74, 6) is 4.68. The minimum absolute atomic E-state index is 0.307. The third-order valence-electron chi connectivity index (χ3n) is 4.90. The Morgan fingerprint density at radius 3 is 2.92 bits per heavy atom. The van der Waals surface area contributed by atoms with Gasteiger partial charge in [-0.05, 0) is 49.5 Å². The van der Waals surface area contributed by atoms with Gasteiger partial charge in [0.25, 0.3) is 0 Å². The summed E-state index contributed by atoms with van der Waals surface area (Å²) in [7, 11) is 0.564. The van der Waals surface area contributed by atoms with Crippen molar-refractivity contribution in [1.82, 2.24) is 20.3 Å². The first kappa shape index (κ1) is 15.7. The van der Waals surface area contributed by atoms with Crippen LogP contribution in [0.25, 0.3) is 11.5 Å². The summed E-state index contributed by atoms with van der Waals surface area (Å²) in [6.07, 6.45) is 5.16. The van der Waals surface area contributed by atoms with Gasteiger partial charge in [-0.3, -0.25) is 4.21 Å². The molecule has 0 spiro atoms. The third kappa shape index (κ3) is 3.48. The van der Waals surface area contributed by atoms with Crippen LogP contribution >= 0.6 is 0 Å². The van der Waals surface area contributed by atoms with Crippen molar-refractivity contribution in [1.29, 1.82) is 0 Å². The van der Waals surface area contributed by atoms with Gasteiger partial charge in [-0.2, -0.15) is 4.98 Å². The van der Waals surface area contributed by atoms with E-state index >= 15 is 0 Å². The van der Waals surface area contributed by atoms with Crippen molar-refractivity contribution in [3.05, 3.63) is 18.0 Å². The Bertz CT molecular complexity index is 733. The van der Waals surface area contributed by atoms with E-state index in [-0.39, 0.29) is 0 Å². The number of nitrogens with zero attached hydrogens (tertiary/aromatic N) is 4. The molecular formula is C16H20N4O3S. The molecule has 2 aromatic rings. The van der Waals surface area contributed by atoms with Gasteiger partial charge < -0.3 is 9.26 Å². The smallest absolute Gasteiger partial charge is 0.239 e. The summed E-state index contributed by atoms with van der Waals surface area (Å²) in [4.78, 5) is 4.28. The van der Waals surface area contributed by atoms with Crippen LogP contribution < -0.4 is 4.74 Å². The normalized spacial score (nSPS) is 26.6. The molecule has 0 amide bonds. The topological polar surface area (TPSA) is 91.0 Å². The van der Waals surface area contributed by atoms with Gasteiger partial charge in [-0.1, -0.05) is 5.16 Å². The van der Waals surface area contributed by atoms with Gasteiger partial charge in [-0.25, -0.2) is 0 Å². The SMILES string of the molecule is COc1ccc(-c2noc(CS(=O)CC3CCC4CC4C3)n2)nn1. The first-order valence-electron chi connectivity index (χ1n) is 8.27. The van der Waals surface area contributed by atoms with Crippen LogP contribution in [0, 0.1) is 17.8 Å². The standard InChI is InChI=1S/C16H20N4O3S/c1-22-14-5-4-13(18-19-14)16-17-15(23-20-16)9-24(21)8-10-2-3-11-7-12(11)6-10/h4-5,10-12H,2-3,6-9H2,1H3. The maximum atomic E-state index is 12.4. The van der Waals surface area contributed by atoms with Gasteiger partial charge in [0.15, 0.2) is 0 Å². The van der Waals surface area contributed by atoms with E-state index in [0.29, 0.717) is 35.0 Å². The molecule has 0 bridgehead atoms. The average molecular weight is 348 g/mol. The van der Waals surface area contributed by atoms with E-state index in [1.807, 2.05) is 0 Å². The van der Waals surface area contributed by atoms with Crippen LogP contribution in [0.5, 0.6) is 5.88 Å². The van der Waals surface area contributed by atoms with E-state index in [1.165, 1.54) is 32.8 Å². The Morgan fingerprint density at radius 2 is 2.17 bits per heavy atom. The van der Waals surface area contributed by atoms with Crippen molar-refractivity contribution in [3.8, 4) is 17.4 Å². The highest BCUT2D eigenvalue weighted by atomic mass is 32.2. The average Bonchev–Trinajstić information content (AvgIpc) is 3.23. The lowest BCUT2D eigenvalue weighted by Gasteiger charge is -2.20. The van der Waals surface area contributed by atoms with E-state index in [0.717, 1.165) is 17.6 Å². The van der Waals surface area contributed by atoms with Crippen LogP contribution in [-0.2, 0) is 16.6 Å². The first-order chi connectivity index (χ1) is 11.7. The Morgan fingerprint density at radius 1 is 1.25 bits per heavy atom. The summed E-state index contributed by atoms with van der Waals surface area (Å²) < 4.78 is 22.5. The molecule has 2 aliphatic carbocycles. The second kappa shape index (κ2) is 6.58. The number of aromatic nitrogens is 4. The van der Waals surface area contributed by atoms with Gasteiger partial charge in [0.05, 0.1) is 7.11 Å². The second-order valence-corrected chi connectivity index (χ2v) is 8.16. The highest BCUT2D eigenvalue weighted by Gasteiger charge is 2.42. The predicted octanol–water partition coefficient (Wildman–Crippen LogP) is 2.22. The molecule has 0 saturated heterocycles. The molecule has 2 aliphatic rings. The molecule has 2 saturated carbocycles. The molecule has 2 heterocycles. The zero-order valence-corrected chi connectivity index (χ0v) is 14.4. The zero-order valence-electron chi connectivity index (χ0n) is 13.6. The van der Waals surface area contributed by atoms with Crippen molar-refractivity contribution in [2.45, 2.75) is 31.4 Å². The van der Waals surface area contributed by atoms with E-state index in [1.54, 1.807) is 12.1 Å². The summed E-state index contributed by atoms with van der Waals surface area (Å²) in [6, 6.07) is 3.40. The Hall–Kier alpha value is -1.83. The van der Waals surface area contributed by atoms with Crippen LogP contribution in [0.4, 0.5) is 0 Å². The molecule has 4 rings (SSSR count). The van der Waals surface area contributed by atoms with E-state index in [9.17, 15) is 4.21 Å². The van der Waals surface area contributed by atoms with Gasteiger partial charge >= 0.3 is 0 Å². The number of hydrogen-bond acceptors (Lipinski definition) is 7. The predicted molar refractivity (Wildman–Crippen MR) is 87.5 cm³/mol. The number of fused-ring (bicyclic) bond motifs is 1. The molecule has 24 heavy (non-hydrogen) atoms. The Balaban J connectivity index is 1.34. The maximum Gasteiger partial charge on any atom is 0.239 e. The van der Waals surface area contributed by atoms with Crippen LogP contribution in [0.2, 0.25) is 0 Å². The molecule has 0 aliphatic heterocycles. The minimum Gasteiger partial charge on any atom is -0.480 e. The molecule has 7 nitrogen and oxygen atoms in total. The lowest BCUT2D eigenvalue weighted by Crippen LogP contribution is -2.17. The number of rotatable bonds is 6. The molecule has 8 heteroatoms. The molecule has 4 atom stereocenters. The van der Waals surface area contributed by atoms with Crippen molar-refractivity contribution < 1.29 is 13.5 Å². The maximum absolute atomic E-state index is 12.4. The molecule has 0 N–H and O–H groups in total. The first-order valence-corrected chi connectivity index (χ1v) is 9.75. The number of hydrogen-bond donors (Lipinski definition) is 0. The fourth-order valence-corrected chi connectivity index (χ4v) is 4.86. The van der Waals surface area contributed by atoms with Gasteiger partial charge in [0, 0.05) is 22.6 Å². The van der Waals surface area contributed by atoms with Crippen molar-refractivity contribution in [3.63, 3.8) is 0 Å². The largest absolute Gasteiger partial charge is 0.480 e. The summed E-state index contributed by atoms with van der Waals surface area (Å²) >= 11 is 0.